The standard InChI is InChI=1S/C33H34ClN3O4S/c1-3-35-33(39)31(21-26-13-7-4-8-14-26)36(23-27-15-9-5-10-16-27)32(38)24-37(28-20-19-25(2)30(34)22-28)42(40,41)29-17-11-6-12-18-29/h4-20,22,31H,3,21,23-24H2,1-2H3,(H,35,39)/t31-/m1/s1. The predicted molar refractivity (Wildman–Crippen MR) is 167 cm³/mol. The molecule has 0 aliphatic rings. The molecule has 0 unspecified atom stereocenters. The summed E-state index contributed by atoms with van der Waals surface area (Å²) in [5.74, 6) is -0.844. The summed E-state index contributed by atoms with van der Waals surface area (Å²) in [6.07, 6.45) is 0.257. The first-order valence-corrected chi connectivity index (χ1v) is 15.5. The fourth-order valence-corrected chi connectivity index (χ4v) is 6.21. The molecule has 0 saturated heterocycles. The monoisotopic (exact) mass is 603 g/mol. The fourth-order valence-electron chi connectivity index (χ4n) is 4.61. The zero-order valence-corrected chi connectivity index (χ0v) is 25.2. The van der Waals surface area contributed by atoms with Gasteiger partial charge < -0.3 is 10.2 Å². The van der Waals surface area contributed by atoms with E-state index in [0.29, 0.717) is 11.6 Å². The minimum atomic E-state index is -4.17. The lowest BCUT2D eigenvalue weighted by molar-refractivity contribution is -0.140. The van der Waals surface area contributed by atoms with Crippen LogP contribution in [-0.4, -0.2) is 44.3 Å². The number of likely N-dealkylation sites (N-methyl/N-ethyl adjacent to an activating group) is 1. The van der Waals surface area contributed by atoms with Crippen molar-refractivity contribution < 1.29 is 18.0 Å². The smallest absolute Gasteiger partial charge is 0.264 e. The maximum Gasteiger partial charge on any atom is 0.264 e. The Hall–Kier alpha value is -4.14. The van der Waals surface area contributed by atoms with Crippen LogP contribution in [0.25, 0.3) is 0 Å². The van der Waals surface area contributed by atoms with Gasteiger partial charge in [0.1, 0.15) is 12.6 Å². The molecule has 0 radical (unpaired) electrons. The second-order valence-corrected chi connectivity index (χ2v) is 12.1. The first-order valence-electron chi connectivity index (χ1n) is 13.7. The molecule has 9 heteroatoms. The maximum atomic E-state index is 14.3. The Labute approximate surface area is 252 Å². The highest BCUT2D eigenvalue weighted by atomic mass is 35.5. The van der Waals surface area contributed by atoms with Crippen LogP contribution in [0.15, 0.2) is 114 Å². The van der Waals surface area contributed by atoms with Gasteiger partial charge in [0.15, 0.2) is 0 Å². The number of hydrogen-bond acceptors (Lipinski definition) is 4. The average molecular weight is 604 g/mol. The largest absolute Gasteiger partial charge is 0.355 e. The van der Waals surface area contributed by atoms with E-state index in [-0.39, 0.29) is 29.5 Å². The van der Waals surface area contributed by atoms with E-state index in [1.54, 1.807) is 30.3 Å². The van der Waals surface area contributed by atoms with Crippen molar-refractivity contribution in [2.75, 3.05) is 17.4 Å². The Bertz CT molecular complexity index is 1600. The molecule has 2 amide bonds. The minimum absolute atomic E-state index is 0.0358. The van der Waals surface area contributed by atoms with Gasteiger partial charge in [0.2, 0.25) is 11.8 Å². The van der Waals surface area contributed by atoms with Crippen LogP contribution in [0.2, 0.25) is 5.02 Å². The van der Waals surface area contributed by atoms with Gasteiger partial charge in [0.25, 0.3) is 10.0 Å². The van der Waals surface area contributed by atoms with Gasteiger partial charge in [-0.1, -0.05) is 96.5 Å². The molecule has 4 rings (SSSR count). The van der Waals surface area contributed by atoms with Crippen LogP contribution in [0, 0.1) is 6.92 Å². The van der Waals surface area contributed by atoms with Gasteiger partial charge in [0, 0.05) is 24.5 Å². The van der Waals surface area contributed by atoms with E-state index in [0.717, 1.165) is 21.0 Å². The number of hydrogen-bond donors (Lipinski definition) is 1. The highest BCUT2D eigenvalue weighted by Gasteiger charge is 2.34. The van der Waals surface area contributed by atoms with E-state index in [1.165, 1.54) is 23.1 Å². The summed E-state index contributed by atoms with van der Waals surface area (Å²) in [6, 6.07) is 30.7. The number of rotatable bonds is 12. The number of sulfonamides is 1. The summed E-state index contributed by atoms with van der Waals surface area (Å²) in [5, 5.41) is 3.23. The van der Waals surface area contributed by atoms with Crippen molar-refractivity contribution in [3.8, 4) is 0 Å². The lowest BCUT2D eigenvalue weighted by atomic mass is 10.0. The Morgan fingerprint density at radius 1 is 0.833 bits per heavy atom. The van der Waals surface area contributed by atoms with E-state index in [1.807, 2.05) is 74.5 Å². The van der Waals surface area contributed by atoms with Gasteiger partial charge in [-0.3, -0.25) is 13.9 Å². The second-order valence-electron chi connectivity index (χ2n) is 9.87. The van der Waals surface area contributed by atoms with Gasteiger partial charge >= 0.3 is 0 Å². The third-order valence-corrected chi connectivity index (χ3v) is 9.07. The first kappa shape index (κ1) is 30.8. The zero-order valence-electron chi connectivity index (χ0n) is 23.6. The molecule has 0 bridgehead atoms. The number of halogens is 1. The minimum Gasteiger partial charge on any atom is -0.355 e. The SMILES string of the molecule is CCNC(=O)[C@@H](Cc1ccccc1)N(Cc1ccccc1)C(=O)CN(c1ccc(C)c(Cl)c1)S(=O)(=O)c1ccccc1. The third-order valence-electron chi connectivity index (χ3n) is 6.87. The maximum absolute atomic E-state index is 14.3. The van der Waals surface area contributed by atoms with Crippen LogP contribution in [0.4, 0.5) is 5.69 Å². The summed E-state index contributed by atoms with van der Waals surface area (Å²) in [5.41, 5.74) is 2.71. The molecule has 0 aromatic heterocycles. The first-order chi connectivity index (χ1) is 20.2. The molecule has 0 aliphatic heterocycles. The molecule has 42 heavy (non-hydrogen) atoms. The summed E-state index contributed by atoms with van der Waals surface area (Å²) in [4.78, 5) is 29.3. The van der Waals surface area contributed by atoms with E-state index in [4.69, 9.17) is 11.6 Å². The average Bonchev–Trinajstić information content (AvgIpc) is 3.00. The van der Waals surface area contributed by atoms with Crippen molar-refractivity contribution in [1.29, 1.82) is 0 Å². The van der Waals surface area contributed by atoms with Gasteiger partial charge in [-0.15, -0.1) is 0 Å². The molecule has 4 aromatic carbocycles. The molecule has 0 heterocycles. The normalized spacial score (nSPS) is 11.9. The molecular formula is C33H34ClN3O4S. The van der Waals surface area contributed by atoms with Crippen molar-refractivity contribution in [1.82, 2.24) is 10.2 Å². The third kappa shape index (κ3) is 7.57. The molecule has 0 spiro atoms. The van der Waals surface area contributed by atoms with Crippen LogP contribution < -0.4 is 9.62 Å². The number of carbonyl (C=O) groups is 2. The van der Waals surface area contributed by atoms with Crippen molar-refractivity contribution in [2.45, 2.75) is 37.8 Å². The molecule has 1 N–H and O–H groups in total. The number of nitrogens with one attached hydrogen (secondary N) is 1. The summed E-state index contributed by atoms with van der Waals surface area (Å²) < 4.78 is 29.0. The predicted octanol–water partition coefficient (Wildman–Crippen LogP) is 5.62. The van der Waals surface area contributed by atoms with Crippen LogP contribution in [0.1, 0.15) is 23.6 Å². The van der Waals surface area contributed by atoms with Crippen LogP contribution in [0.5, 0.6) is 0 Å². The van der Waals surface area contributed by atoms with Crippen molar-refractivity contribution in [3.63, 3.8) is 0 Å². The number of benzene rings is 4. The molecule has 1 atom stereocenters. The van der Waals surface area contributed by atoms with Crippen LogP contribution in [-0.2, 0) is 32.6 Å². The Balaban J connectivity index is 1.79. The number of carbonyl (C=O) groups excluding carboxylic acids is 2. The number of anilines is 1. The van der Waals surface area contributed by atoms with Crippen molar-refractivity contribution in [3.05, 3.63) is 131 Å². The second kappa shape index (κ2) is 14.2. The van der Waals surface area contributed by atoms with Gasteiger partial charge in [-0.05, 0) is 54.8 Å². The quantitative estimate of drug-likeness (QED) is 0.228. The van der Waals surface area contributed by atoms with Crippen LogP contribution >= 0.6 is 11.6 Å². The molecular weight excluding hydrogens is 570 g/mol. The lowest BCUT2D eigenvalue weighted by Crippen LogP contribution is -2.53. The highest BCUT2D eigenvalue weighted by molar-refractivity contribution is 7.92. The van der Waals surface area contributed by atoms with Gasteiger partial charge in [0.05, 0.1) is 10.6 Å². The molecule has 0 aliphatic carbocycles. The zero-order chi connectivity index (χ0) is 30.1. The van der Waals surface area contributed by atoms with Crippen molar-refractivity contribution in [2.24, 2.45) is 0 Å². The van der Waals surface area contributed by atoms with Gasteiger partial charge in [-0.25, -0.2) is 8.42 Å². The Kier molecular flexibility index (Phi) is 10.4. The molecule has 4 aromatic rings. The highest BCUT2D eigenvalue weighted by Crippen LogP contribution is 2.28. The molecule has 0 fully saturated rings. The van der Waals surface area contributed by atoms with Crippen LogP contribution in [0.3, 0.4) is 0 Å². The number of nitrogens with zero attached hydrogens (tertiary/aromatic N) is 2. The van der Waals surface area contributed by atoms with E-state index in [9.17, 15) is 18.0 Å². The van der Waals surface area contributed by atoms with Gasteiger partial charge in [-0.2, -0.15) is 0 Å². The van der Waals surface area contributed by atoms with E-state index < -0.39 is 28.5 Å². The fraction of sp³-hybridized carbons (Fsp3) is 0.212. The van der Waals surface area contributed by atoms with E-state index in [2.05, 4.69) is 5.32 Å². The summed E-state index contributed by atoms with van der Waals surface area (Å²) in [6.45, 7) is 3.59. The van der Waals surface area contributed by atoms with Crippen molar-refractivity contribution >= 4 is 39.1 Å². The Morgan fingerprint density at radius 2 is 1.40 bits per heavy atom. The molecule has 0 saturated carbocycles. The topological polar surface area (TPSA) is 86.8 Å². The lowest BCUT2D eigenvalue weighted by Gasteiger charge is -2.34. The summed E-state index contributed by atoms with van der Waals surface area (Å²) >= 11 is 6.41. The summed E-state index contributed by atoms with van der Waals surface area (Å²) in [7, 11) is -4.17. The Morgan fingerprint density at radius 3 is 1.98 bits per heavy atom. The van der Waals surface area contributed by atoms with E-state index >= 15 is 0 Å². The number of amides is 2. The molecule has 7 nitrogen and oxygen atoms in total. The number of aryl methyl sites for hydroxylation is 1. The molecule has 218 valence electrons.